The SMILES string of the molecule is O=Cc1ccc(-c2cc(F)c(O)c(F)c2)o1. The predicted molar refractivity (Wildman–Crippen MR) is 51.1 cm³/mol. The van der Waals surface area contributed by atoms with Crippen LogP contribution in [0.15, 0.2) is 28.7 Å². The summed E-state index contributed by atoms with van der Waals surface area (Å²) in [5.41, 5.74) is 0.112. The zero-order chi connectivity index (χ0) is 11.7. The number of furan rings is 1. The Hall–Kier alpha value is -2.17. The largest absolute Gasteiger partial charge is 0.503 e. The highest BCUT2D eigenvalue weighted by atomic mass is 19.1. The van der Waals surface area contributed by atoms with E-state index in [9.17, 15) is 13.6 Å². The van der Waals surface area contributed by atoms with E-state index in [1.807, 2.05) is 0 Å². The standard InChI is InChI=1S/C11H6F2O3/c12-8-3-6(4-9(13)11(8)15)10-2-1-7(5-14)16-10/h1-5,15H. The van der Waals surface area contributed by atoms with E-state index >= 15 is 0 Å². The van der Waals surface area contributed by atoms with Crippen LogP contribution in [0.1, 0.15) is 10.6 Å². The van der Waals surface area contributed by atoms with E-state index in [0.717, 1.165) is 12.1 Å². The molecule has 0 aliphatic heterocycles. The first kappa shape index (κ1) is 10.4. The summed E-state index contributed by atoms with van der Waals surface area (Å²) >= 11 is 0. The predicted octanol–water partition coefficient (Wildman–Crippen LogP) is 2.74. The molecule has 82 valence electrons. The lowest BCUT2D eigenvalue weighted by atomic mass is 10.1. The molecule has 2 rings (SSSR count). The number of aromatic hydroxyl groups is 1. The van der Waals surface area contributed by atoms with Crippen molar-refractivity contribution in [3.8, 4) is 17.1 Å². The van der Waals surface area contributed by atoms with Crippen LogP contribution in [0.3, 0.4) is 0 Å². The van der Waals surface area contributed by atoms with Crippen molar-refractivity contribution in [2.75, 3.05) is 0 Å². The number of halogens is 2. The maximum absolute atomic E-state index is 13.0. The molecule has 0 aliphatic carbocycles. The maximum Gasteiger partial charge on any atom is 0.187 e. The molecule has 0 bridgehead atoms. The number of rotatable bonds is 2. The van der Waals surface area contributed by atoms with Crippen molar-refractivity contribution < 1.29 is 23.1 Å². The van der Waals surface area contributed by atoms with Crippen LogP contribution in [0, 0.1) is 11.6 Å². The first-order valence-electron chi connectivity index (χ1n) is 4.35. The number of phenols is 1. The summed E-state index contributed by atoms with van der Waals surface area (Å²) in [6.45, 7) is 0. The minimum atomic E-state index is -1.08. The smallest absolute Gasteiger partial charge is 0.187 e. The lowest BCUT2D eigenvalue weighted by Crippen LogP contribution is -1.85. The van der Waals surface area contributed by atoms with E-state index in [4.69, 9.17) is 9.52 Å². The lowest BCUT2D eigenvalue weighted by Gasteiger charge is -2.00. The number of hydrogen-bond donors (Lipinski definition) is 1. The molecule has 0 unspecified atom stereocenters. The highest BCUT2D eigenvalue weighted by molar-refractivity contribution is 5.72. The number of benzene rings is 1. The third kappa shape index (κ3) is 1.67. The number of aldehydes is 1. The molecule has 16 heavy (non-hydrogen) atoms. The fraction of sp³-hybridized carbons (Fsp3) is 0. The minimum Gasteiger partial charge on any atom is -0.503 e. The Morgan fingerprint density at radius 3 is 2.31 bits per heavy atom. The van der Waals surface area contributed by atoms with Crippen LogP contribution in [-0.2, 0) is 0 Å². The average Bonchev–Trinajstić information content (AvgIpc) is 2.73. The topological polar surface area (TPSA) is 50.4 Å². The molecule has 1 heterocycles. The van der Waals surface area contributed by atoms with Crippen LogP contribution in [-0.4, -0.2) is 11.4 Å². The van der Waals surface area contributed by atoms with Gasteiger partial charge in [0.25, 0.3) is 0 Å². The third-order valence-corrected chi connectivity index (χ3v) is 2.04. The molecular formula is C11H6F2O3. The van der Waals surface area contributed by atoms with E-state index in [0.29, 0.717) is 6.29 Å². The Morgan fingerprint density at radius 1 is 1.19 bits per heavy atom. The van der Waals surface area contributed by atoms with E-state index in [2.05, 4.69) is 0 Å². The van der Waals surface area contributed by atoms with Gasteiger partial charge in [0.15, 0.2) is 29.4 Å². The van der Waals surface area contributed by atoms with Gasteiger partial charge in [0.05, 0.1) is 0 Å². The fourth-order valence-corrected chi connectivity index (χ4v) is 1.28. The number of carbonyl (C=O) groups is 1. The van der Waals surface area contributed by atoms with Crippen molar-refractivity contribution in [1.82, 2.24) is 0 Å². The normalized spacial score (nSPS) is 10.4. The fourth-order valence-electron chi connectivity index (χ4n) is 1.28. The van der Waals surface area contributed by atoms with Gasteiger partial charge in [0.2, 0.25) is 0 Å². The first-order chi connectivity index (χ1) is 7.61. The molecule has 0 spiro atoms. The highest BCUT2D eigenvalue weighted by Crippen LogP contribution is 2.28. The first-order valence-corrected chi connectivity index (χ1v) is 4.35. The van der Waals surface area contributed by atoms with Crippen molar-refractivity contribution in [3.63, 3.8) is 0 Å². The molecule has 1 aromatic carbocycles. The van der Waals surface area contributed by atoms with Gasteiger partial charge in [-0.25, -0.2) is 8.78 Å². The summed E-state index contributed by atoms with van der Waals surface area (Å²) in [6.07, 6.45) is 0.483. The van der Waals surface area contributed by atoms with E-state index in [-0.39, 0.29) is 17.1 Å². The Labute approximate surface area is 88.9 Å². The van der Waals surface area contributed by atoms with Gasteiger partial charge in [0, 0.05) is 5.56 Å². The van der Waals surface area contributed by atoms with Crippen molar-refractivity contribution in [2.45, 2.75) is 0 Å². The van der Waals surface area contributed by atoms with Crippen molar-refractivity contribution >= 4 is 6.29 Å². The van der Waals surface area contributed by atoms with Gasteiger partial charge in [-0.05, 0) is 24.3 Å². The highest BCUT2D eigenvalue weighted by Gasteiger charge is 2.12. The zero-order valence-corrected chi connectivity index (χ0v) is 7.91. The van der Waals surface area contributed by atoms with E-state index < -0.39 is 17.4 Å². The van der Waals surface area contributed by atoms with Gasteiger partial charge in [-0.1, -0.05) is 0 Å². The second-order valence-corrected chi connectivity index (χ2v) is 3.11. The Morgan fingerprint density at radius 2 is 1.81 bits per heavy atom. The summed E-state index contributed by atoms with van der Waals surface area (Å²) in [5.74, 6) is -2.99. The van der Waals surface area contributed by atoms with Crippen LogP contribution in [0.2, 0.25) is 0 Å². The molecule has 1 aromatic heterocycles. The molecule has 3 nitrogen and oxygen atoms in total. The maximum atomic E-state index is 13.0. The quantitative estimate of drug-likeness (QED) is 0.798. The minimum absolute atomic E-state index is 0.0592. The summed E-state index contributed by atoms with van der Waals surface area (Å²) in [6, 6.07) is 4.64. The van der Waals surface area contributed by atoms with E-state index in [1.54, 1.807) is 0 Å². The third-order valence-electron chi connectivity index (χ3n) is 2.04. The van der Waals surface area contributed by atoms with Gasteiger partial charge >= 0.3 is 0 Å². The Bertz CT molecular complexity index is 523. The average molecular weight is 224 g/mol. The summed E-state index contributed by atoms with van der Waals surface area (Å²) < 4.78 is 31.0. The van der Waals surface area contributed by atoms with Gasteiger partial charge in [0.1, 0.15) is 5.76 Å². The summed E-state index contributed by atoms with van der Waals surface area (Å²) in [5, 5.41) is 8.89. The molecule has 0 saturated heterocycles. The number of carbonyl (C=O) groups excluding carboxylic acids is 1. The van der Waals surface area contributed by atoms with Gasteiger partial charge in [-0.2, -0.15) is 0 Å². The monoisotopic (exact) mass is 224 g/mol. The summed E-state index contributed by atoms with van der Waals surface area (Å²) in [4.78, 5) is 10.4. The molecule has 5 heteroatoms. The second-order valence-electron chi connectivity index (χ2n) is 3.11. The van der Waals surface area contributed by atoms with Gasteiger partial charge < -0.3 is 9.52 Å². The molecule has 0 fully saturated rings. The van der Waals surface area contributed by atoms with Gasteiger partial charge in [-0.3, -0.25) is 4.79 Å². The van der Waals surface area contributed by atoms with Crippen LogP contribution in [0.5, 0.6) is 5.75 Å². The molecule has 0 aliphatic rings. The van der Waals surface area contributed by atoms with Crippen molar-refractivity contribution in [3.05, 3.63) is 41.7 Å². The number of phenolic OH excluding ortho intramolecular Hbond substituents is 1. The summed E-state index contributed by atoms with van der Waals surface area (Å²) in [7, 11) is 0. The van der Waals surface area contributed by atoms with Crippen molar-refractivity contribution in [2.24, 2.45) is 0 Å². The second kappa shape index (κ2) is 3.77. The molecule has 1 N–H and O–H groups in total. The molecule has 2 aromatic rings. The zero-order valence-electron chi connectivity index (χ0n) is 7.91. The van der Waals surface area contributed by atoms with Crippen LogP contribution < -0.4 is 0 Å². The Kier molecular flexibility index (Phi) is 2.44. The Balaban J connectivity index is 2.52. The van der Waals surface area contributed by atoms with Crippen molar-refractivity contribution in [1.29, 1.82) is 0 Å². The van der Waals surface area contributed by atoms with Crippen LogP contribution in [0.25, 0.3) is 11.3 Å². The molecule has 0 amide bonds. The lowest BCUT2D eigenvalue weighted by molar-refractivity contribution is 0.110. The number of hydrogen-bond acceptors (Lipinski definition) is 3. The van der Waals surface area contributed by atoms with Gasteiger partial charge in [-0.15, -0.1) is 0 Å². The molecule has 0 saturated carbocycles. The van der Waals surface area contributed by atoms with E-state index in [1.165, 1.54) is 12.1 Å². The molecule has 0 radical (unpaired) electrons. The molecular weight excluding hydrogens is 218 g/mol. The van der Waals surface area contributed by atoms with Crippen LogP contribution in [0.4, 0.5) is 8.78 Å². The van der Waals surface area contributed by atoms with Crippen LogP contribution >= 0.6 is 0 Å². The molecule has 0 atom stereocenters.